The number of hydrogen-bond donors (Lipinski definition) is 1. The van der Waals surface area contributed by atoms with Crippen LogP contribution in [0.2, 0.25) is 0 Å². The average molecular weight is 293 g/mol. The van der Waals surface area contributed by atoms with Gasteiger partial charge in [0.15, 0.2) is 0 Å². The molecule has 118 valence electrons. The topological polar surface area (TPSA) is 65.4 Å². The third-order valence-electron chi connectivity index (χ3n) is 4.69. The molecule has 2 rings (SSSR count). The Labute approximate surface area is 127 Å². The molecule has 1 N–H and O–H groups in total. The fourth-order valence-corrected chi connectivity index (χ4v) is 3.47. The van der Waals surface area contributed by atoms with Crippen molar-refractivity contribution >= 4 is 5.91 Å². The molecule has 2 aliphatic rings. The summed E-state index contributed by atoms with van der Waals surface area (Å²) in [6.45, 7) is 6.84. The monoisotopic (exact) mass is 293 g/mol. The van der Waals surface area contributed by atoms with Crippen LogP contribution in [0.15, 0.2) is 0 Å². The first-order valence-corrected chi connectivity index (χ1v) is 8.18. The van der Waals surface area contributed by atoms with E-state index in [2.05, 4.69) is 23.2 Å². The smallest absolute Gasteiger partial charge is 0.239 e. The minimum atomic E-state index is -0.239. The van der Waals surface area contributed by atoms with Gasteiger partial charge in [-0.2, -0.15) is 5.26 Å². The number of ether oxygens (including phenoxy) is 1. The van der Waals surface area contributed by atoms with E-state index >= 15 is 0 Å². The van der Waals surface area contributed by atoms with Crippen LogP contribution in [-0.2, 0) is 9.53 Å². The van der Waals surface area contributed by atoms with Gasteiger partial charge in [0.25, 0.3) is 0 Å². The highest BCUT2D eigenvalue weighted by Gasteiger charge is 2.40. The molecule has 0 aromatic heterocycles. The summed E-state index contributed by atoms with van der Waals surface area (Å²) < 4.78 is 5.51. The Kier molecular flexibility index (Phi) is 6.01. The first-order chi connectivity index (χ1) is 10.2. The maximum atomic E-state index is 12.4. The number of carbonyl (C=O) groups is 1. The van der Waals surface area contributed by atoms with Crippen LogP contribution in [0.4, 0.5) is 0 Å². The number of carbonyl (C=O) groups excluding carboxylic acids is 1. The van der Waals surface area contributed by atoms with Gasteiger partial charge in [-0.05, 0) is 31.6 Å². The molecule has 0 spiro atoms. The predicted octanol–water partition coefficient (Wildman–Crippen LogP) is 1.54. The van der Waals surface area contributed by atoms with E-state index in [1.807, 2.05) is 6.92 Å². The van der Waals surface area contributed by atoms with E-state index in [0.29, 0.717) is 25.7 Å². The van der Waals surface area contributed by atoms with Gasteiger partial charge in [0.1, 0.15) is 6.04 Å². The van der Waals surface area contributed by atoms with E-state index in [0.717, 1.165) is 32.2 Å². The highest BCUT2D eigenvalue weighted by atomic mass is 16.5. The predicted molar refractivity (Wildman–Crippen MR) is 80.5 cm³/mol. The number of nitrogens with one attached hydrogen (secondary N) is 1. The van der Waals surface area contributed by atoms with Gasteiger partial charge in [0, 0.05) is 19.1 Å². The van der Waals surface area contributed by atoms with Crippen LogP contribution in [0, 0.1) is 23.2 Å². The lowest BCUT2D eigenvalue weighted by Crippen LogP contribution is -2.59. The normalized spacial score (nSPS) is 34.1. The molecule has 5 nitrogen and oxygen atoms in total. The molecule has 1 amide bonds. The Bertz CT molecular complexity index is 393. The van der Waals surface area contributed by atoms with Gasteiger partial charge in [0.2, 0.25) is 5.91 Å². The van der Waals surface area contributed by atoms with Crippen molar-refractivity contribution < 1.29 is 9.53 Å². The first kappa shape index (κ1) is 16.3. The number of morpholine rings is 1. The zero-order valence-electron chi connectivity index (χ0n) is 13.2. The fraction of sp³-hybridized carbons (Fsp3) is 0.875. The molecule has 2 fully saturated rings. The third kappa shape index (κ3) is 3.96. The summed E-state index contributed by atoms with van der Waals surface area (Å²) in [7, 11) is 0. The van der Waals surface area contributed by atoms with Crippen LogP contribution >= 0.6 is 0 Å². The van der Waals surface area contributed by atoms with E-state index in [1.54, 1.807) is 0 Å². The molecule has 1 aliphatic carbocycles. The van der Waals surface area contributed by atoms with Crippen LogP contribution in [0.25, 0.3) is 0 Å². The van der Waals surface area contributed by atoms with Crippen molar-refractivity contribution in [2.24, 2.45) is 11.8 Å². The molecule has 0 aromatic carbocycles. The Morgan fingerprint density at radius 1 is 1.48 bits per heavy atom. The largest absolute Gasteiger partial charge is 0.378 e. The Balaban J connectivity index is 2.09. The quantitative estimate of drug-likeness (QED) is 0.854. The van der Waals surface area contributed by atoms with Gasteiger partial charge in [0.05, 0.1) is 25.2 Å². The van der Waals surface area contributed by atoms with Crippen molar-refractivity contribution in [2.45, 2.75) is 51.6 Å². The molecule has 4 unspecified atom stereocenters. The summed E-state index contributed by atoms with van der Waals surface area (Å²) in [4.78, 5) is 14.6. The Morgan fingerprint density at radius 2 is 2.29 bits per heavy atom. The summed E-state index contributed by atoms with van der Waals surface area (Å²) in [5, 5.41) is 12.4. The van der Waals surface area contributed by atoms with Crippen LogP contribution in [0.3, 0.4) is 0 Å². The van der Waals surface area contributed by atoms with Crippen molar-refractivity contribution in [3.8, 4) is 6.07 Å². The fourth-order valence-electron chi connectivity index (χ4n) is 3.47. The summed E-state index contributed by atoms with van der Waals surface area (Å²) in [6.07, 6.45) is 4.01. The highest BCUT2D eigenvalue weighted by molar-refractivity contribution is 5.82. The molecule has 1 saturated carbocycles. The molecule has 0 bridgehead atoms. The summed E-state index contributed by atoms with van der Waals surface area (Å²) in [6, 6.07) is 2.42. The van der Waals surface area contributed by atoms with E-state index in [9.17, 15) is 10.1 Å². The average Bonchev–Trinajstić information content (AvgIpc) is 2.52. The second-order valence-corrected chi connectivity index (χ2v) is 6.34. The molecule has 0 aromatic rings. The maximum absolute atomic E-state index is 12.4. The van der Waals surface area contributed by atoms with Crippen LogP contribution in [-0.4, -0.2) is 49.2 Å². The number of hydrogen-bond acceptors (Lipinski definition) is 4. The lowest BCUT2D eigenvalue weighted by Gasteiger charge is -2.44. The first-order valence-electron chi connectivity index (χ1n) is 8.18. The lowest BCUT2D eigenvalue weighted by atomic mass is 9.78. The summed E-state index contributed by atoms with van der Waals surface area (Å²) >= 11 is 0. The van der Waals surface area contributed by atoms with Gasteiger partial charge in [-0.1, -0.05) is 13.8 Å². The molecule has 4 atom stereocenters. The molecule has 0 radical (unpaired) electrons. The molecule has 5 heteroatoms. The van der Waals surface area contributed by atoms with Crippen LogP contribution in [0.1, 0.15) is 39.5 Å². The molecule has 1 heterocycles. The minimum absolute atomic E-state index is 0.0424. The van der Waals surface area contributed by atoms with Crippen molar-refractivity contribution in [1.29, 1.82) is 5.26 Å². The maximum Gasteiger partial charge on any atom is 0.239 e. The Morgan fingerprint density at radius 3 is 3.00 bits per heavy atom. The third-order valence-corrected chi connectivity index (χ3v) is 4.69. The SMILES string of the molecule is CCCNC(=O)C1COCCN1C1CC(C)CCC1C#N. The van der Waals surface area contributed by atoms with Crippen molar-refractivity contribution in [1.82, 2.24) is 10.2 Å². The molecular weight excluding hydrogens is 266 g/mol. The number of nitrogens with zero attached hydrogens (tertiary/aromatic N) is 2. The van der Waals surface area contributed by atoms with E-state index in [-0.39, 0.29) is 23.9 Å². The van der Waals surface area contributed by atoms with Crippen molar-refractivity contribution in [3.05, 3.63) is 0 Å². The van der Waals surface area contributed by atoms with Gasteiger partial charge in [-0.15, -0.1) is 0 Å². The second-order valence-electron chi connectivity index (χ2n) is 6.34. The zero-order valence-corrected chi connectivity index (χ0v) is 13.2. The standard InChI is InChI=1S/C16H27N3O2/c1-3-6-18-16(20)15-11-21-8-7-19(15)14-9-12(2)4-5-13(14)10-17/h12-15H,3-9,11H2,1-2H3,(H,18,20). The molecule has 1 saturated heterocycles. The second kappa shape index (κ2) is 7.77. The van der Waals surface area contributed by atoms with E-state index in [1.165, 1.54) is 0 Å². The van der Waals surface area contributed by atoms with Gasteiger partial charge >= 0.3 is 0 Å². The number of rotatable bonds is 4. The summed E-state index contributed by atoms with van der Waals surface area (Å²) in [5.41, 5.74) is 0. The van der Waals surface area contributed by atoms with Gasteiger partial charge in [-0.3, -0.25) is 9.69 Å². The highest BCUT2D eigenvalue weighted by Crippen LogP contribution is 2.33. The minimum Gasteiger partial charge on any atom is -0.378 e. The number of amides is 1. The zero-order chi connectivity index (χ0) is 15.2. The van der Waals surface area contributed by atoms with E-state index < -0.39 is 0 Å². The molecular formula is C16H27N3O2. The summed E-state index contributed by atoms with van der Waals surface area (Å²) in [5.74, 6) is 0.717. The van der Waals surface area contributed by atoms with Crippen LogP contribution < -0.4 is 5.32 Å². The number of nitriles is 1. The Hall–Kier alpha value is -1.12. The van der Waals surface area contributed by atoms with Gasteiger partial charge in [-0.25, -0.2) is 0 Å². The lowest BCUT2D eigenvalue weighted by molar-refractivity contribution is -0.136. The molecule has 21 heavy (non-hydrogen) atoms. The van der Waals surface area contributed by atoms with Gasteiger partial charge < -0.3 is 10.1 Å². The van der Waals surface area contributed by atoms with Crippen LogP contribution in [0.5, 0.6) is 0 Å². The van der Waals surface area contributed by atoms with Crippen molar-refractivity contribution in [2.75, 3.05) is 26.3 Å². The van der Waals surface area contributed by atoms with Crippen molar-refractivity contribution in [3.63, 3.8) is 0 Å². The molecule has 1 aliphatic heterocycles. The van der Waals surface area contributed by atoms with E-state index in [4.69, 9.17) is 4.74 Å².